The first-order valence-corrected chi connectivity index (χ1v) is 19.6. The summed E-state index contributed by atoms with van der Waals surface area (Å²) >= 11 is 0. The van der Waals surface area contributed by atoms with Crippen molar-refractivity contribution in [1.29, 1.82) is 0 Å². The summed E-state index contributed by atoms with van der Waals surface area (Å²) in [5.41, 5.74) is -0.837. The van der Waals surface area contributed by atoms with Gasteiger partial charge >= 0.3 is 21.7 Å². The number of allylic oxidation sites excluding steroid dienone is 8. The number of amides is 2. The zero-order chi connectivity index (χ0) is 39.7. The summed E-state index contributed by atoms with van der Waals surface area (Å²) in [6, 6.07) is 9.14. The average molecular weight is 795 g/mol. The van der Waals surface area contributed by atoms with E-state index in [2.05, 4.69) is 36.4 Å². The van der Waals surface area contributed by atoms with Gasteiger partial charge in [0, 0.05) is 46.2 Å². The summed E-state index contributed by atoms with van der Waals surface area (Å²) in [4.78, 5) is 29.1. The van der Waals surface area contributed by atoms with Gasteiger partial charge in [-0.15, -0.1) is 49.2 Å². The number of benzene rings is 2. The van der Waals surface area contributed by atoms with E-state index in [1.54, 1.807) is 9.80 Å². The van der Waals surface area contributed by atoms with Gasteiger partial charge in [0.05, 0.1) is 0 Å². The fourth-order valence-electron chi connectivity index (χ4n) is 6.50. The zero-order valence-electron chi connectivity index (χ0n) is 33.6. The first kappa shape index (κ1) is 47.9. The van der Waals surface area contributed by atoms with Crippen molar-refractivity contribution in [2.24, 2.45) is 10.8 Å². The van der Waals surface area contributed by atoms with Gasteiger partial charge in [-0.2, -0.15) is 12.2 Å². The summed E-state index contributed by atoms with van der Waals surface area (Å²) in [5, 5.41) is 0. The predicted molar refractivity (Wildman–Crippen MR) is 210 cm³/mol. The van der Waals surface area contributed by atoms with Crippen molar-refractivity contribution in [2.75, 3.05) is 9.80 Å². The van der Waals surface area contributed by atoms with Gasteiger partial charge in [0.15, 0.2) is 0 Å². The molecule has 55 heavy (non-hydrogen) atoms. The van der Waals surface area contributed by atoms with E-state index in [-0.39, 0.29) is 57.0 Å². The van der Waals surface area contributed by atoms with Crippen LogP contribution in [0.25, 0.3) is 0 Å². The quantitative estimate of drug-likeness (QED) is 0.152. The fourth-order valence-corrected chi connectivity index (χ4v) is 6.50. The van der Waals surface area contributed by atoms with Crippen molar-refractivity contribution < 1.29 is 48.9 Å². The Morgan fingerprint density at radius 3 is 1.20 bits per heavy atom. The van der Waals surface area contributed by atoms with E-state index in [4.69, 9.17) is 0 Å². The number of carbonyl (C=O) groups excluding carboxylic acids is 2. The van der Waals surface area contributed by atoms with Crippen LogP contribution < -0.4 is 9.80 Å². The first-order chi connectivity index (χ1) is 25.7. The molecule has 296 valence electrons. The van der Waals surface area contributed by atoms with E-state index in [1.807, 2.05) is 65.8 Å². The number of rotatable bonds is 8. The summed E-state index contributed by atoms with van der Waals surface area (Å²) < 4.78 is 54.7. The molecule has 2 aromatic carbocycles. The SMILES string of the molecule is CCC(C)(C)C(=O)N(c1ccc(F)[c-]c1F)C1CCCCC1.CCC(C)(C)C(=O)N(c1ccc(F)[c-]c1F)C1CCCCC1.[C-]1=CC=CC1.[C-]1=CC=CC1.[Ti+4]. The molecule has 2 saturated carbocycles. The standard InChI is InChI=1S/2C18H24F2NO.2C5H5.Ti/c2*1-4-18(2,3)17(22)21(14-8-6-5-7-9-14)16-11-10-13(19)12-15(16)20;2*1-2-4-5-3-1;/h2*10-11,14H,4-9H2,1-3H3;2*1-3H,4H2;/q4*-1;+4. The fraction of sp³-hybridized carbons (Fsp3) is 0.522. The molecular formula is C46H58F4N2O2Ti. The van der Waals surface area contributed by atoms with Gasteiger partial charge in [-0.25, -0.2) is 41.9 Å². The van der Waals surface area contributed by atoms with Gasteiger partial charge in [-0.3, -0.25) is 21.7 Å². The molecule has 0 N–H and O–H groups in total. The molecule has 0 atom stereocenters. The second kappa shape index (κ2) is 23.8. The average Bonchev–Trinajstić information content (AvgIpc) is 3.96. The van der Waals surface area contributed by atoms with Gasteiger partial charge in [-0.05, 0) is 49.9 Å². The third kappa shape index (κ3) is 14.7. The predicted octanol–water partition coefficient (Wildman–Crippen LogP) is 12.3. The Hall–Kier alpha value is -3.23. The Morgan fingerprint density at radius 1 is 0.618 bits per heavy atom. The number of hydrogen-bond acceptors (Lipinski definition) is 2. The normalized spacial score (nSPS) is 16.5. The van der Waals surface area contributed by atoms with Crippen LogP contribution in [0.2, 0.25) is 0 Å². The van der Waals surface area contributed by atoms with Crippen LogP contribution >= 0.6 is 0 Å². The largest absolute Gasteiger partial charge is 4.00 e. The maximum atomic E-state index is 14.2. The topological polar surface area (TPSA) is 40.6 Å². The van der Waals surface area contributed by atoms with Gasteiger partial charge in [-0.1, -0.05) is 80.1 Å². The number of nitrogens with zero attached hydrogens (tertiary/aromatic N) is 2. The number of anilines is 2. The molecule has 0 saturated heterocycles. The van der Waals surface area contributed by atoms with E-state index in [0.29, 0.717) is 12.8 Å². The summed E-state index contributed by atoms with van der Waals surface area (Å²) in [7, 11) is 0. The third-order valence-electron chi connectivity index (χ3n) is 10.6. The molecule has 2 amide bonds. The Bertz CT molecular complexity index is 1480. The van der Waals surface area contributed by atoms with Crippen LogP contribution in [0.15, 0.2) is 60.7 Å². The smallest absolute Gasteiger partial charge is 0.360 e. The molecule has 2 aromatic rings. The second-order valence-corrected chi connectivity index (χ2v) is 15.4. The van der Waals surface area contributed by atoms with Crippen LogP contribution in [0, 0.1) is 58.4 Å². The van der Waals surface area contributed by atoms with Crippen molar-refractivity contribution in [1.82, 2.24) is 0 Å². The van der Waals surface area contributed by atoms with Gasteiger partial charge in [0.2, 0.25) is 11.8 Å². The van der Waals surface area contributed by atoms with E-state index < -0.39 is 34.1 Å². The van der Waals surface area contributed by atoms with E-state index >= 15 is 0 Å². The van der Waals surface area contributed by atoms with Crippen molar-refractivity contribution in [3.8, 4) is 0 Å². The molecule has 0 aromatic heterocycles. The molecular weight excluding hydrogens is 736 g/mol. The number of hydrogen-bond donors (Lipinski definition) is 0. The molecule has 0 radical (unpaired) electrons. The molecule has 4 aliphatic carbocycles. The monoisotopic (exact) mass is 794 g/mol. The third-order valence-corrected chi connectivity index (χ3v) is 10.6. The van der Waals surface area contributed by atoms with Crippen molar-refractivity contribution in [2.45, 2.75) is 144 Å². The molecule has 0 aliphatic heterocycles. The van der Waals surface area contributed by atoms with Gasteiger partial charge < -0.3 is 9.80 Å². The molecule has 4 nitrogen and oxygen atoms in total. The summed E-state index contributed by atoms with van der Waals surface area (Å²) in [5.74, 6) is -3.25. The zero-order valence-corrected chi connectivity index (χ0v) is 35.1. The molecule has 6 rings (SSSR count). The molecule has 9 heteroatoms. The van der Waals surface area contributed by atoms with Gasteiger partial charge in [0.25, 0.3) is 0 Å². The molecule has 0 heterocycles. The van der Waals surface area contributed by atoms with Crippen LogP contribution in [0.1, 0.15) is 131 Å². The maximum Gasteiger partial charge on any atom is 4.00 e. The Balaban J connectivity index is 0.000000298. The maximum absolute atomic E-state index is 14.2. The molecule has 0 bridgehead atoms. The minimum Gasteiger partial charge on any atom is -0.360 e. The Kier molecular flexibility index (Phi) is 20.7. The molecule has 0 unspecified atom stereocenters. The van der Waals surface area contributed by atoms with Crippen LogP contribution in [-0.4, -0.2) is 23.9 Å². The second-order valence-electron chi connectivity index (χ2n) is 15.4. The molecule has 0 spiro atoms. The van der Waals surface area contributed by atoms with Crippen molar-refractivity contribution in [3.05, 3.63) is 108 Å². The first-order valence-electron chi connectivity index (χ1n) is 19.6. The Morgan fingerprint density at radius 2 is 0.964 bits per heavy atom. The molecule has 2 fully saturated rings. The minimum absolute atomic E-state index is 0. The van der Waals surface area contributed by atoms with Crippen LogP contribution in [0.3, 0.4) is 0 Å². The Labute approximate surface area is 343 Å². The van der Waals surface area contributed by atoms with Crippen molar-refractivity contribution in [3.63, 3.8) is 0 Å². The van der Waals surface area contributed by atoms with Crippen molar-refractivity contribution >= 4 is 23.2 Å². The minimum atomic E-state index is -0.786. The number of carbonyl (C=O) groups is 2. The van der Waals surface area contributed by atoms with Crippen LogP contribution in [0.4, 0.5) is 28.9 Å². The van der Waals surface area contributed by atoms with E-state index in [9.17, 15) is 27.2 Å². The van der Waals surface area contributed by atoms with E-state index in [1.165, 1.54) is 24.3 Å². The number of halogens is 4. The van der Waals surface area contributed by atoms with Gasteiger partial charge in [0.1, 0.15) is 0 Å². The summed E-state index contributed by atoms with van der Waals surface area (Å²) in [6.07, 6.45) is 31.2. The van der Waals surface area contributed by atoms with Crippen LogP contribution in [-0.2, 0) is 31.3 Å². The molecule has 4 aliphatic rings. The van der Waals surface area contributed by atoms with Crippen LogP contribution in [0.5, 0.6) is 0 Å². The summed E-state index contributed by atoms with van der Waals surface area (Å²) in [6.45, 7) is 11.4. The van der Waals surface area contributed by atoms with E-state index in [0.717, 1.165) is 77.0 Å².